The van der Waals surface area contributed by atoms with E-state index in [0.717, 1.165) is 17.1 Å². The SMILES string of the molecule is COc1ccccc1N1CCN(C(=O)C[C@@H]2O[C@H](CNC(=O)c3ccc(N(C)C)cc3)[C@@H](O)[C@H]2O)CC1. The zero-order chi connectivity index (χ0) is 26.5. The molecule has 4 rings (SSSR count). The van der Waals surface area contributed by atoms with Gasteiger partial charge < -0.3 is 39.7 Å². The summed E-state index contributed by atoms with van der Waals surface area (Å²) in [5, 5.41) is 23.7. The van der Waals surface area contributed by atoms with E-state index in [1.54, 1.807) is 24.1 Å². The minimum absolute atomic E-state index is 0.0226. The third-order valence-corrected chi connectivity index (χ3v) is 7.01. The van der Waals surface area contributed by atoms with Crippen LogP contribution in [-0.4, -0.2) is 105 Å². The van der Waals surface area contributed by atoms with Crippen molar-refractivity contribution in [3.05, 3.63) is 54.1 Å². The third-order valence-electron chi connectivity index (χ3n) is 7.01. The van der Waals surface area contributed by atoms with E-state index in [-0.39, 0.29) is 24.8 Å². The number of aliphatic hydroxyl groups excluding tert-OH is 2. The summed E-state index contributed by atoms with van der Waals surface area (Å²) < 4.78 is 11.3. The summed E-state index contributed by atoms with van der Waals surface area (Å²) in [4.78, 5) is 31.3. The van der Waals surface area contributed by atoms with Crippen molar-refractivity contribution >= 4 is 23.2 Å². The van der Waals surface area contributed by atoms with Gasteiger partial charge in [0.25, 0.3) is 5.91 Å². The van der Waals surface area contributed by atoms with Crippen LogP contribution in [0.5, 0.6) is 5.75 Å². The standard InChI is InChI=1S/C27H36N4O6/c1-29(2)19-10-8-18(9-11-19)27(35)28-17-23-26(34)25(33)22(37-23)16-24(32)31-14-12-30(13-15-31)20-6-4-5-7-21(20)36-3/h4-11,22-23,25-26,33-34H,12-17H2,1-3H3,(H,28,35)/t22-,23+,25-,26+/m0/s1. The first-order valence-corrected chi connectivity index (χ1v) is 12.5. The normalized spacial score (nSPS) is 23.6. The van der Waals surface area contributed by atoms with Crippen molar-refractivity contribution in [1.29, 1.82) is 0 Å². The summed E-state index contributed by atoms with van der Waals surface area (Å²) >= 11 is 0. The van der Waals surface area contributed by atoms with Crippen LogP contribution in [0.2, 0.25) is 0 Å². The monoisotopic (exact) mass is 512 g/mol. The van der Waals surface area contributed by atoms with E-state index in [9.17, 15) is 19.8 Å². The Labute approximate surface area is 217 Å². The average Bonchev–Trinajstić information content (AvgIpc) is 3.19. The molecule has 0 aliphatic carbocycles. The quantitative estimate of drug-likeness (QED) is 0.474. The van der Waals surface area contributed by atoms with Crippen molar-refractivity contribution in [1.82, 2.24) is 10.2 Å². The lowest BCUT2D eigenvalue weighted by Crippen LogP contribution is -2.50. The number of carbonyl (C=O) groups excluding carboxylic acids is 2. The van der Waals surface area contributed by atoms with E-state index in [0.29, 0.717) is 31.7 Å². The lowest BCUT2D eigenvalue weighted by molar-refractivity contribution is -0.135. The second-order valence-corrected chi connectivity index (χ2v) is 9.59. The number of piperazine rings is 1. The number of amides is 2. The van der Waals surface area contributed by atoms with Crippen LogP contribution in [0.4, 0.5) is 11.4 Å². The molecule has 0 unspecified atom stereocenters. The Bertz CT molecular complexity index is 1070. The van der Waals surface area contributed by atoms with Gasteiger partial charge in [0.1, 0.15) is 24.1 Å². The second kappa shape index (κ2) is 11.8. The Morgan fingerprint density at radius 3 is 2.30 bits per heavy atom. The van der Waals surface area contributed by atoms with Crippen LogP contribution in [0.3, 0.4) is 0 Å². The van der Waals surface area contributed by atoms with E-state index in [1.165, 1.54) is 0 Å². The predicted molar refractivity (Wildman–Crippen MR) is 140 cm³/mol. The van der Waals surface area contributed by atoms with Crippen molar-refractivity contribution in [3.8, 4) is 5.75 Å². The Morgan fingerprint density at radius 1 is 1.00 bits per heavy atom. The highest BCUT2D eigenvalue weighted by Gasteiger charge is 2.44. The molecule has 2 saturated heterocycles. The molecule has 200 valence electrons. The number of nitrogens with one attached hydrogen (secondary N) is 1. The third kappa shape index (κ3) is 6.15. The number of rotatable bonds is 8. The molecule has 3 N–H and O–H groups in total. The molecule has 2 amide bonds. The fourth-order valence-electron chi connectivity index (χ4n) is 4.76. The van der Waals surface area contributed by atoms with Gasteiger partial charge in [0, 0.05) is 58.1 Å². The van der Waals surface area contributed by atoms with Gasteiger partial charge in [-0.25, -0.2) is 0 Å². The number of hydrogen-bond donors (Lipinski definition) is 3. The van der Waals surface area contributed by atoms with Gasteiger partial charge >= 0.3 is 0 Å². The van der Waals surface area contributed by atoms with E-state index >= 15 is 0 Å². The molecule has 0 saturated carbocycles. The number of hydrogen-bond acceptors (Lipinski definition) is 8. The molecule has 0 radical (unpaired) electrons. The van der Waals surface area contributed by atoms with Crippen LogP contribution < -0.4 is 19.9 Å². The van der Waals surface area contributed by atoms with Crippen molar-refractivity contribution in [2.75, 3.05) is 63.7 Å². The molecule has 2 heterocycles. The molecule has 2 aromatic rings. The number of para-hydroxylation sites is 2. The molecule has 10 nitrogen and oxygen atoms in total. The molecule has 2 aliphatic heterocycles. The Kier molecular flexibility index (Phi) is 8.52. The average molecular weight is 513 g/mol. The van der Waals surface area contributed by atoms with Crippen molar-refractivity contribution in [2.45, 2.75) is 30.8 Å². The van der Waals surface area contributed by atoms with Crippen LogP contribution in [-0.2, 0) is 9.53 Å². The van der Waals surface area contributed by atoms with E-state index in [1.807, 2.05) is 55.4 Å². The number of aliphatic hydroxyl groups is 2. The largest absolute Gasteiger partial charge is 0.495 e. The molecule has 4 atom stereocenters. The van der Waals surface area contributed by atoms with Gasteiger partial charge in [-0.3, -0.25) is 9.59 Å². The van der Waals surface area contributed by atoms with Crippen LogP contribution >= 0.6 is 0 Å². The first-order chi connectivity index (χ1) is 17.8. The fourth-order valence-corrected chi connectivity index (χ4v) is 4.76. The molecule has 10 heteroatoms. The smallest absolute Gasteiger partial charge is 0.251 e. The van der Waals surface area contributed by atoms with E-state index in [4.69, 9.17) is 9.47 Å². The van der Waals surface area contributed by atoms with Gasteiger partial charge in [0.15, 0.2) is 0 Å². The van der Waals surface area contributed by atoms with Gasteiger partial charge in [-0.1, -0.05) is 12.1 Å². The van der Waals surface area contributed by atoms with Crippen LogP contribution in [0.1, 0.15) is 16.8 Å². The number of methoxy groups -OCH3 is 1. The number of carbonyl (C=O) groups is 2. The highest BCUT2D eigenvalue weighted by atomic mass is 16.5. The Hall–Kier alpha value is -3.34. The highest BCUT2D eigenvalue weighted by Crippen LogP contribution is 2.29. The maximum Gasteiger partial charge on any atom is 0.251 e. The molecule has 2 aromatic carbocycles. The number of benzene rings is 2. The van der Waals surface area contributed by atoms with Gasteiger partial charge in [0.05, 0.1) is 25.3 Å². The van der Waals surface area contributed by atoms with Gasteiger partial charge in [0.2, 0.25) is 5.91 Å². The molecule has 0 bridgehead atoms. The zero-order valence-corrected chi connectivity index (χ0v) is 21.5. The Morgan fingerprint density at radius 2 is 1.65 bits per heavy atom. The summed E-state index contributed by atoms with van der Waals surface area (Å²) in [5.74, 6) is 0.354. The Balaban J connectivity index is 1.26. The first-order valence-electron chi connectivity index (χ1n) is 12.5. The topological polar surface area (TPSA) is 115 Å². The van der Waals surface area contributed by atoms with Crippen LogP contribution in [0.15, 0.2) is 48.5 Å². The van der Waals surface area contributed by atoms with Gasteiger partial charge in [-0.2, -0.15) is 0 Å². The fraction of sp³-hybridized carbons (Fsp3) is 0.481. The van der Waals surface area contributed by atoms with Crippen LogP contribution in [0, 0.1) is 0 Å². The second-order valence-electron chi connectivity index (χ2n) is 9.59. The summed E-state index contributed by atoms with van der Waals surface area (Å²) in [6, 6.07) is 14.9. The molecule has 0 spiro atoms. The highest BCUT2D eigenvalue weighted by molar-refractivity contribution is 5.94. The molecular formula is C27H36N4O6. The van der Waals surface area contributed by atoms with Crippen molar-refractivity contribution in [3.63, 3.8) is 0 Å². The minimum atomic E-state index is -1.21. The summed E-state index contributed by atoms with van der Waals surface area (Å²) in [5.41, 5.74) is 2.45. The van der Waals surface area contributed by atoms with Crippen LogP contribution in [0.25, 0.3) is 0 Å². The number of ether oxygens (including phenoxy) is 2. The van der Waals surface area contributed by atoms with Crippen molar-refractivity contribution < 1.29 is 29.3 Å². The summed E-state index contributed by atoms with van der Waals surface area (Å²) in [6.07, 6.45) is -4.09. The van der Waals surface area contributed by atoms with Gasteiger partial charge in [-0.15, -0.1) is 0 Å². The zero-order valence-electron chi connectivity index (χ0n) is 21.5. The molecule has 2 fully saturated rings. The maximum atomic E-state index is 12.9. The number of anilines is 2. The molecule has 0 aromatic heterocycles. The predicted octanol–water partition coefficient (Wildman–Crippen LogP) is 0.719. The maximum absolute atomic E-state index is 12.9. The number of nitrogens with zero attached hydrogens (tertiary/aromatic N) is 3. The summed E-state index contributed by atoms with van der Waals surface area (Å²) in [6.45, 7) is 2.41. The minimum Gasteiger partial charge on any atom is -0.495 e. The molecule has 2 aliphatic rings. The van der Waals surface area contributed by atoms with E-state index in [2.05, 4.69) is 10.2 Å². The van der Waals surface area contributed by atoms with E-state index < -0.39 is 24.4 Å². The van der Waals surface area contributed by atoms with Gasteiger partial charge in [-0.05, 0) is 36.4 Å². The molecule has 37 heavy (non-hydrogen) atoms. The van der Waals surface area contributed by atoms with Crippen molar-refractivity contribution in [2.24, 2.45) is 0 Å². The first kappa shape index (κ1) is 26.7. The lowest BCUT2D eigenvalue weighted by atomic mass is 10.0. The molecular weight excluding hydrogens is 476 g/mol. The lowest BCUT2D eigenvalue weighted by Gasteiger charge is -2.37. The summed E-state index contributed by atoms with van der Waals surface area (Å²) in [7, 11) is 5.48.